The van der Waals surface area contributed by atoms with Gasteiger partial charge in [0.1, 0.15) is 34.0 Å². The van der Waals surface area contributed by atoms with Crippen LogP contribution in [0.25, 0.3) is 34.2 Å². The number of hydrogen-bond acceptors (Lipinski definition) is 9. The number of aromatic carboxylic acids is 2. The maximum absolute atomic E-state index is 11.2. The third-order valence-electron chi connectivity index (χ3n) is 5.83. The second-order valence-corrected chi connectivity index (χ2v) is 8.43. The fourth-order valence-corrected chi connectivity index (χ4v) is 3.95. The van der Waals surface area contributed by atoms with Crippen molar-refractivity contribution in [2.24, 2.45) is 0 Å². The van der Waals surface area contributed by atoms with Crippen LogP contribution in [0.3, 0.4) is 0 Å². The minimum Gasteiger partial charge on any atom is -0.507 e. The number of benzene rings is 2. The third-order valence-corrected chi connectivity index (χ3v) is 5.83. The lowest BCUT2D eigenvalue weighted by molar-refractivity contribution is 0.0682. The van der Waals surface area contributed by atoms with E-state index in [0.29, 0.717) is 34.2 Å². The average Bonchev–Trinajstić information content (AvgIpc) is 3.54. The number of carboxylic acids is 2. The highest BCUT2D eigenvalue weighted by Crippen LogP contribution is 2.29. The van der Waals surface area contributed by atoms with E-state index in [9.17, 15) is 19.8 Å². The van der Waals surface area contributed by atoms with E-state index in [2.05, 4.69) is 20.6 Å². The molecule has 0 amide bonds. The molecule has 190 valence electrons. The number of aromatic hydroxyl groups is 2. The Bertz CT molecular complexity index is 1620. The van der Waals surface area contributed by atoms with Gasteiger partial charge in [-0.05, 0) is 49.2 Å². The largest absolute Gasteiger partial charge is 0.507 e. The van der Waals surface area contributed by atoms with Crippen molar-refractivity contribution in [1.82, 2.24) is 35.0 Å². The molecule has 5 aromatic rings. The standard InChI is InChI=1S/C25H19N7O6/c1-12-7-13(2)23(19-11-32(30-28-19)15-4-6-17(25(37)38)21(34)9-15)26-22(12)18-10-31(29-27-18)14-3-5-16(24(35)36)20(33)8-14/h3-11,33-34H,1-2H3,(H,35,36)(H,37,38). The number of aryl methyl sites for hydroxylation is 2. The average molecular weight is 513 g/mol. The molecule has 0 saturated carbocycles. The fourth-order valence-electron chi connectivity index (χ4n) is 3.95. The van der Waals surface area contributed by atoms with Gasteiger partial charge in [-0.1, -0.05) is 16.5 Å². The molecular formula is C25H19N7O6. The molecule has 0 bridgehead atoms. The predicted molar refractivity (Wildman–Crippen MR) is 132 cm³/mol. The lowest BCUT2D eigenvalue weighted by Gasteiger charge is -2.08. The van der Waals surface area contributed by atoms with Crippen molar-refractivity contribution < 1.29 is 30.0 Å². The summed E-state index contributed by atoms with van der Waals surface area (Å²) < 4.78 is 2.79. The summed E-state index contributed by atoms with van der Waals surface area (Å²) in [6.45, 7) is 3.74. The lowest BCUT2D eigenvalue weighted by Crippen LogP contribution is -2.00. The van der Waals surface area contributed by atoms with Crippen LogP contribution in [0.5, 0.6) is 11.5 Å². The molecule has 0 unspecified atom stereocenters. The summed E-state index contributed by atoms with van der Waals surface area (Å²) in [5.74, 6) is -3.28. The van der Waals surface area contributed by atoms with Crippen LogP contribution in [0.1, 0.15) is 31.8 Å². The topological polar surface area (TPSA) is 189 Å². The van der Waals surface area contributed by atoms with Crippen molar-refractivity contribution >= 4 is 11.9 Å². The summed E-state index contributed by atoms with van der Waals surface area (Å²) in [6, 6.07) is 10.0. The molecule has 5 rings (SSSR count). The van der Waals surface area contributed by atoms with Crippen molar-refractivity contribution in [3.05, 3.63) is 77.1 Å². The van der Waals surface area contributed by atoms with Crippen LogP contribution in [-0.4, -0.2) is 67.3 Å². The molecule has 0 fully saturated rings. The normalized spacial score (nSPS) is 11.0. The quantitative estimate of drug-likeness (QED) is 0.261. The van der Waals surface area contributed by atoms with Gasteiger partial charge in [0, 0.05) is 12.1 Å². The first kappa shape index (κ1) is 24.1. The van der Waals surface area contributed by atoms with E-state index in [0.717, 1.165) is 11.1 Å². The molecule has 4 N–H and O–H groups in total. The van der Waals surface area contributed by atoms with Gasteiger partial charge < -0.3 is 20.4 Å². The number of pyridine rings is 1. The second-order valence-electron chi connectivity index (χ2n) is 8.43. The predicted octanol–water partition coefficient (Wildman–Crippen LogP) is 3.00. The van der Waals surface area contributed by atoms with E-state index in [4.69, 9.17) is 15.2 Å². The highest BCUT2D eigenvalue weighted by molar-refractivity contribution is 5.91. The Balaban J connectivity index is 1.49. The summed E-state index contributed by atoms with van der Waals surface area (Å²) >= 11 is 0. The molecule has 0 spiro atoms. The van der Waals surface area contributed by atoms with Crippen LogP contribution in [0.15, 0.2) is 54.9 Å². The minimum atomic E-state index is -1.24. The summed E-state index contributed by atoms with van der Waals surface area (Å²) in [5, 5.41) is 54.8. The SMILES string of the molecule is Cc1cc(C)c(-c2cn(-c3ccc(C(=O)O)c(O)c3)nn2)nc1-c1cn(-c2ccc(C(=O)O)c(O)c2)nn1. The molecule has 2 aromatic carbocycles. The molecule has 0 aliphatic heterocycles. The van der Waals surface area contributed by atoms with E-state index in [1.165, 1.54) is 45.8 Å². The highest BCUT2D eigenvalue weighted by atomic mass is 16.4. The number of phenols is 2. The van der Waals surface area contributed by atoms with Gasteiger partial charge in [0.15, 0.2) is 0 Å². The van der Waals surface area contributed by atoms with Crippen molar-refractivity contribution in [3.8, 4) is 45.6 Å². The number of aromatic nitrogens is 7. The Labute approximate surface area is 213 Å². The van der Waals surface area contributed by atoms with E-state index >= 15 is 0 Å². The van der Waals surface area contributed by atoms with Crippen LogP contribution >= 0.6 is 0 Å². The fraction of sp³-hybridized carbons (Fsp3) is 0.0800. The van der Waals surface area contributed by atoms with Crippen molar-refractivity contribution in [1.29, 1.82) is 0 Å². The molecule has 0 aliphatic rings. The molecule has 13 nitrogen and oxygen atoms in total. The van der Waals surface area contributed by atoms with Crippen molar-refractivity contribution in [2.45, 2.75) is 13.8 Å². The van der Waals surface area contributed by atoms with Crippen LogP contribution in [0, 0.1) is 13.8 Å². The Morgan fingerprint density at radius 1 is 0.684 bits per heavy atom. The molecule has 0 atom stereocenters. The molecule has 0 aliphatic carbocycles. The smallest absolute Gasteiger partial charge is 0.339 e. The third kappa shape index (κ3) is 4.28. The monoisotopic (exact) mass is 513 g/mol. The number of hydrogen-bond donors (Lipinski definition) is 4. The first-order valence-electron chi connectivity index (χ1n) is 11.1. The Morgan fingerprint density at radius 2 is 1.11 bits per heavy atom. The second kappa shape index (κ2) is 9.13. The lowest BCUT2D eigenvalue weighted by atomic mass is 10.1. The first-order valence-corrected chi connectivity index (χ1v) is 11.1. The summed E-state index contributed by atoms with van der Waals surface area (Å²) in [4.78, 5) is 27.1. The van der Waals surface area contributed by atoms with E-state index in [1.54, 1.807) is 12.4 Å². The van der Waals surface area contributed by atoms with E-state index in [-0.39, 0.29) is 11.1 Å². The summed E-state index contributed by atoms with van der Waals surface area (Å²) in [7, 11) is 0. The van der Waals surface area contributed by atoms with Gasteiger partial charge in [-0.2, -0.15) is 0 Å². The Hall–Kier alpha value is -5.59. The molecule has 38 heavy (non-hydrogen) atoms. The van der Waals surface area contributed by atoms with Crippen molar-refractivity contribution in [3.63, 3.8) is 0 Å². The van der Waals surface area contributed by atoms with Crippen LogP contribution in [-0.2, 0) is 0 Å². The highest BCUT2D eigenvalue weighted by Gasteiger charge is 2.18. The number of nitrogens with zero attached hydrogens (tertiary/aromatic N) is 7. The zero-order valence-corrected chi connectivity index (χ0v) is 19.9. The van der Waals surface area contributed by atoms with Crippen LogP contribution in [0.4, 0.5) is 0 Å². The summed E-state index contributed by atoms with van der Waals surface area (Å²) in [5.41, 5.74) is 3.95. The molecule has 0 saturated heterocycles. The van der Waals surface area contributed by atoms with Gasteiger partial charge >= 0.3 is 11.9 Å². The maximum atomic E-state index is 11.2. The van der Waals surface area contributed by atoms with Gasteiger partial charge in [0.05, 0.1) is 35.2 Å². The zero-order chi connectivity index (χ0) is 27.1. The van der Waals surface area contributed by atoms with Crippen LogP contribution < -0.4 is 0 Å². The van der Waals surface area contributed by atoms with Gasteiger partial charge in [-0.15, -0.1) is 10.2 Å². The van der Waals surface area contributed by atoms with Gasteiger partial charge in [0.2, 0.25) is 0 Å². The number of rotatable bonds is 6. The van der Waals surface area contributed by atoms with E-state index in [1.807, 2.05) is 19.9 Å². The molecule has 3 heterocycles. The Morgan fingerprint density at radius 3 is 1.47 bits per heavy atom. The molecular weight excluding hydrogens is 494 g/mol. The maximum Gasteiger partial charge on any atom is 0.339 e. The van der Waals surface area contributed by atoms with E-state index < -0.39 is 23.4 Å². The number of carbonyl (C=O) groups is 2. The zero-order valence-electron chi connectivity index (χ0n) is 19.9. The van der Waals surface area contributed by atoms with Gasteiger partial charge in [-0.3, -0.25) is 0 Å². The Kier molecular flexibility index (Phi) is 5.79. The summed E-state index contributed by atoms with van der Waals surface area (Å²) in [6.07, 6.45) is 3.21. The minimum absolute atomic E-state index is 0.226. The van der Waals surface area contributed by atoms with Crippen molar-refractivity contribution in [2.75, 3.05) is 0 Å². The first-order chi connectivity index (χ1) is 18.1. The molecule has 13 heteroatoms. The van der Waals surface area contributed by atoms with Crippen LogP contribution in [0.2, 0.25) is 0 Å². The number of carboxylic acid groups (broad SMARTS) is 2. The van der Waals surface area contributed by atoms with Gasteiger partial charge in [0.25, 0.3) is 0 Å². The molecule has 0 radical (unpaired) electrons. The molecule has 3 aromatic heterocycles. The van der Waals surface area contributed by atoms with Gasteiger partial charge in [-0.25, -0.2) is 23.9 Å².